The molecule has 13 heteroatoms. The zero-order valence-corrected chi connectivity index (χ0v) is 37.1. The quantitative estimate of drug-likeness (QED) is 0.0198. The van der Waals surface area contributed by atoms with Crippen LogP contribution in [0.1, 0.15) is 206 Å². The molecule has 1 aliphatic heterocycles. The molecule has 0 radical (unpaired) electrons. The fourth-order valence-electron chi connectivity index (χ4n) is 7.36. The highest BCUT2D eigenvalue weighted by molar-refractivity contribution is 7.85. The van der Waals surface area contributed by atoms with Gasteiger partial charge in [-0.05, 0) is 25.7 Å². The van der Waals surface area contributed by atoms with Crippen molar-refractivity contribution in [3.8, 4) is 0 Å². The summed E-state index contributed by atoms with van der Waals surface area (Å²) in [6.45, 7) is 5.30. The van der Waals surface area contributed by atoms with Crippen LogP contribution in [0.3, 0.4) is 0 Å². The second kappa shape index (κ2) is 36.1. The van der Waals surface area contributed by atoms with Crippen LogP contribution >= 0.6 is 0 Å². The SMILES string of the molecule is C=CCCCCCCCCCCCCCCCC(=O)OC[C@H](CO[C@H]1O[C@H](CS(=O)(=O)O)[C@@H](O)C(O)C1O)OC(=O)CCCCCCCCCCCCCCCCC. The average molecular weight is 849 g/mol. The molecular weight excluding hydrogens is 765 g/mol. The maximum Gasteiger partial charge on any atom is 0.306 e. The van der Waals surface area contributed by atoms with Gasteiger partial charge in [-0.15, -0.1) is 6.58 Å². The lowest BCUT2D eigenvalue weighted by molar-refractivity contribution is -0.297. The number of carbonyl (C=O) groups excluding carboxylic acids is 2. The van der Waals surface area contributed by atoms with Gasteiger partial charge >= 0.3 is 11.9 Å². The van der Waals surface area contributed by atoms with E-state index in [4.69, 9.17) is 18.9 Å². The molecule has 0 saturated carbocycles. The molecule has 0 aromatic rings. The van der Waals surface area contributed by atoms with Crippen molar-refractivity contribution in [3.05, 3.63) is 12.7 Å². The lowest BCUT2D eigenvalue weighted by Crippen LogP contribution is -2.60. The zero-order chi connectivity index (χ0) is 42.7. The van der Waals surface area contributed by atoms with E-state index in [0.717, 1.165) is 44.9 Å². The Bertz CT molecular complexity index is 1120. The minimum atomic E-state index is -4.60. The lowest BCUT2D eigenvalue weighted by atomic mass is 10.00. The molecule has 58 heavy (non-hydrogen) atoms. The summed E-state index contributed by atoms with van der Waals surface area (Å²) in [4.78, 5) is 25.4. The third-order valence-electron chi connectivity index (χ3n) is 11.0. The number of esters is 2. The molecule has 1 saturated heterocycles. The van der Waals surface area contributed by atoms with Gasteiger partial charge in [-0.2, -0.15) is 8.42 Å². The number of carbonyl (C=O) groups is 2. The van der Waals surface area contributed by atoms with Crippen LogP contribution in [0.25, 0.3) is 0 Å². The first-order valence-electron chi connectivity index (χ1n) is 23.2. The third-order valence-corrected chi connectivity index (χ3v) is 11.7. The molecule has 12 nitrogen and oxygen atoms in total. The number of aliphatic hydroxyl groups excluding tert-OH is 3. The average Bonchev–Trinajstić information content (AvgIpc) is 3.18. The van der Waals surface area contributed by atoms with Crippen molar-refractivity contribution in [2.24, 2.45) is 0 Å². The van der Waals surface area contributed by atoms with E-state index in [9.17, 15) is 37.9 Å². The fourth-order valence-corrected chi connectivity index (χ4v) is 8.05. The van der Waals surface area contributed by atoms with E-state index in [0.29, 0.717) is 12.8 Å². The smallest absolute Gasteiger partial charge is 0.306 e. The lowest BCUT2D eigenvalue weighted by Gasteiger charge is -2.40. The standard InChI is InChI=1S/C45H84O12S/c1-3-5-7-9-11-13-15-17-19-21-23-25-27-29-31-33-40(46)54-35-38(36-55-45-44(50)43(49)42(48)39(57-45)37-58(51,52)53)56-41(47)34-32-30-28-26-24-22-20-18-16-14-12-10-8-6-4-2/h3,38-39,42-45,48-50H,1,4-37H2,2H3,(H,51,52,53)/t38-,39-,42-,43?,44?,45+/m1/s1. The zero-order valence-electron chi connectivity index (χ0n) is 36.3. The van der Waals surface area contributed by atoms with Gasteiger partial charge in [0.2, 0.25) is 0 Å². The Labute approximate surface area is 352 Å². The van der Waals surface area contributed by atoms with Gasteiger partial charge in [0, 0.05) is 12.8 Å². The molecule has 4 N–H and O–H groups in total. The predicted octanol–water partition coefficient (Wildman–Crippen LogP) is 9.45. The number of rotatable bonds is 40. The van der Waals surface area contributed by atoms with Crippen molar-refractivity contribution in [2.75, 3.05) is 19.0 Å². The van der Waals surface area contributed by atoms with E-state index < -0.39 is 71.2 Å². The highest BCUT2D eigenvalue weighted by Crippen LogP contribution is 2.24. The molecular formula is C45H84O12S. The predicted molar refractivity (Wildman–Crippen MR) is 229 cm³/mol. The van der Waals surface area contributed by atoms with Crippen molar-refractivity contribution in [1.29, 1.82) is 0 Å². The molecule has 0 aliphatic carbocycles. The molecule has 0 spiro atoms. The summed E-state index contributed by atoms with van der Waals surface area (Å²) in [6, 6.07) is 0. The van der Waals surface area contributed by atoms with Crippen molar-refractivity contribution >= 4 is 22.1 Å². The molecule has 1 aliphatic rings. The molecule has 342 valence electrons. The van der Waals surface area contributed by atoms with Crippen LogP contribution in [-0.4, -0.2) is 96.0 Å². The largest absolute Gasteiger partial charge is 0.462 e. The molecule has 0 aromatic heterocycles. The molecule has 0 amide bonds. The Morgan fingerprint density at radius 3 is 1.45 bits per heavy atom. The van der Waals surface area contributed by atoms with E-state index in [-0.39, 0.29) is 19.4 Å². The Morgan fingerprint density at radius 1 is 0.603 bits per heavy atom. The van der Waals surface area contributed by atoms with Gasteiger partial charge in [0.15, 0.2) is 12.4 Å². The minimum Gasteiger partial charge on any atom is -0.462 e. The number of aliphatic hydroxyl groups is 3. The summed E-state index contributed by atoms with van der Waals surface area (Å²) < 4.78 is 54.1. The maximum atomic E-state index is 12.8. The number of hydrogen-bond acceptors (Lipinski definition) is 11. The molecule has 0 aromatic carbocycles. The number of unbranched alkanes of at least 4 members (excludes halogenated alkanes) is 27. The van der Waals surface area contributed by atoms with Crippen LogP contribution in [0.4, 0.5) is 0 Å². The summed E-state index contributed by atoms with van der Waals surface area (Å²) in [5.74, 6) is -1.97. The van der Waals surface area contributed by atoms with Crippen LogP contribution < -0.4 is 0 Å². The molecule has 1 rings (SSSR count). The first kappa shape index (κ1) is 54.4. The summed E-state index contributed by atoms with van der Waals surface area (Å²) in [5, 5.41) is 30.9. The van der Waals surface area contributed by atoms with Crippen molar-refractivity contribution in [3.63, 3.8) is 0 Å². The Balaban J connectivity index is 2.41. The molecule has 1 fully saturated rings. The van der Waals surface area contributed by atoms with E-state index in [1.165, 1.54) is 128 Å². The minimum absolute atomic E-state index is 0.170. The fraction of sp³-hybridized carbons (Fsp3) is 0.911. The van der Waals surface area contributed by atoms with E-state index >= 15 is 0 Å². The van der Waals surface area contributed by atoms with Gasteiger partial charge in [-0.3, -0.25) is 14.1 Å². The van der Waals surface area contributed by atoms with Crippen LogP contribution in [0.2, 0.25) is 0 Å². The van der Waals surface area contributed by atoms with Gasteiger partial charge in [0.25, 0.3) is 10.1 Å². The van der Waals surface area contributed by atoms with Crippen molar-refractivity contribution in [1.82, 2.24) is 0 Å². The van der Waals surface area contributed by atoms with Crippen LogP contribution in [0.5, 0.6) is 0 Å². The van der Waals surface area contributed by atoms with Gasteiger partial charge in [0.1, 0.15) is 36.8 Å². The second-order valence-electron chi connectivity index (χ2n) is 16.5. The summed E-state index contributed by atoms with van der Waals surface area (Å²) in [6.07, 6.45) is 27.2. The molecule has 2 unspecified atom stereocenters. The molecule has 6 atom stereocenters. The highest BCUT2D eigenvalue weighted by atomic mass is 32.2. The molecule has 1 heterocycles. The van der Waals surface area contributed by atoms with E-state index in [1.807, 2.05) is 6.08 Å². The van der Waals surface area contributed by atoms with Crippen molar-refractivity contribution < 1.29 is 56.8 Å². The van der Waals surface area contributed by atoms with E-state index in [1.54, 1.807) is 0 Å². The topological polar surface area (TPSA) is 186 Å². The van der Waals surface area contributed by atoms with Gasteiger partial charge in [-0.25, -0.2) is 0 Å². The number of ether oxygens (including phenoxy) is 4. The maximum absolute atomic E-state index is 12.8. The summed E-state index contributed by atoms with van der Waals surface area (Å²) in [7, 11) is -4.60. The first-order chi connectivity index (χ1) is 28.0. The summed E-state index contributed by atoms with van der Waals surface area (Å²) in [5.41, 5.74) is 0. The number of allylic oxidation sites excluding steroid dienone is 1. The number of hydrogen-bond donors (Lipinski definition) is 4. The Hall–Kier alpha value is -1.61. The van der Waals surface area contributed by atoms with Crippen LogP contribution in [0, 0.1) is 0 Å². The second-order valence-corrected chi connectivity index (χ2v) is 18.0. The Morgan fingerprint density at radius 2 is 1.02 bits per heavy atom. The van der Waals surface area contributed by atoms with Crippen LogP contribution in [-0.2, 0) is 38.7 Å². The monoisotopic (exact) mass is 849 g/mol. The first-order valence-corrected chi connectivity index (χ1v) is 24.8. The summed E-state index contributed by atoms with van der Waals surface area (Å²) >= 11 is 0. The Kier molecular flexibility index (Phi) is 33.8. The third kappa shape index (κ3) is 30.4. The normalized spacial score (nSPS) is 20.2. The van der Waals surface area contributed by atoms with Gasteiger partial charge in [-0.1, -0.05) is 174 Å². The molecule has 0 bridgehead atoms. The highest BCUT2D eigenvalue weighted by Gasteiger charge is 2.46. The van der Waals surface area contributed by atoms with Crippen LogP contribution in [0.15, 0.2) is 12.7 Å². The van der Waals surface area contributed by atoms with Crippen molar-refractivity contribution in [2.45, 2.75) is 243 Å². The van der Waals surface area contributed by atoms with Gasteiger partial charge < -0.3 is 34.3 Å². The van der Waals surface area contributed by atoms with E-state index in [2.05, 4.69) is 13.5 Å². The van der Waals surface area contributed by atoms with Gasteiger partial charge in [0.05, 0.1) is 6.61 Å².